The Balaban J connectivity index is 1.46. The molecule has 2 heterocycles. The molecule has 0 atom stereocenters. The molecule has 0 radical (unpaired) electrons. The predicted octanol–water partition coefficient (Wildman–Crippen LogP) is 2.34. The summed E-state index contributed by atoms with van der Waals surface area (Å²) < 4.78 is 27.2. The zero-order valence-corrected chi connectivity index (χ0v) is 18.0. The first-order valence-electron chi connectivity index (χ1n) is 10.4. The van der Waals surface area contributed by atoms with E-state index < -0.39 is 10.0 Å². The Morgan fingerprint density at radius 3 is 2.36 bits per heavy atom. The number of rotatable bonds is 5. The maximum atomic E-state index is 12.8. The van der Waals surface area contributed by atoms with Crippen molar-refractivity contribution in [3.05, 3.63) is 29.8 Å². The molecule has 156 valence electrons. The van der Waals surface area contributed by atoms with E-state index in [0.29, 0.717) is 30.3 Å². The van der Waals surface area contributed by atoms with Crippen molar-refractivity contribution in [3.8, 4) is 0 Å². The van der Waals surface area contributed by atoms with E-state index in [1.54, 1.807) is 16.4 Å². The van der Waals surface area contributed by atoms with Crippen LogP contribution in [-0.2, 0) is 14.8 Å². The summed E-state index contributed by atoms with van der Waals surface area (Å²) in [6.45, 7) is 6.72. The standard InChI is InChI=1S/C21H33N3O3S/c1-18-4-7-20(8-5-18)28(26,27)24-14-10-19(11-15-24)6-9-21(25)23-13-3-12-22(2)16-17-23/h4-5,7-8,19H,3,6,9-17H2,1-2H3. The van der Waals surface area contributed by atoms with Crippen molar-refractivity contribution in [3.63, 3.8) is 0 Å². The normalized spacial score (nSPS) is 20.9. The average Bonchev–Trinajstić information content (AvgIpc) is 2.91. The molecule has 3 rings (SSSR count). The number of aryl methyl sites for hydroxylation is 1. The van der Waals surface area contributed by atoms with Crippen LogP contribution in [0.2, 0.25) is 0 Å². The fourth-order valence-electron chi connectivity index (χ4n) is 4.08. The van der Waals surface area contributed by atoms with Gasteiger partial charge in [0.1, 0.15) is 0 Å². The number of likely N-dealkylation sites (N-methyl/N-ethyl adjacent to an activating group) is 1. The predicted molar refractivity (Wildman–Crippen MR) is 111 cm³/mol. The minimum Gasteiger partial charge on any atom is -0.341 e. The van der Waals surface area contributed by atoms with E-state index in [-0.39, 0.29) is 5.91 Å². The fraction of sp³-hybridized carbons (Fsp3) is 0.667. The number of piperidine rings is 1. The first-order valence-corrected chi connectivity index (χ1v) is 11.8. The largest absolute Gasteiger partial charge is 0.341 e. The summed E-state index contributed by atoms with van der Waals surface area (Å²) in [7, 11) is -1.30. The molecule has 0 spiro atoms. The summed E-state index contributed by atoms with van der Waals surface area (Å²) >= 11 is 0. The molecule has 0 saturated carbocycles. The molecule has 0 aromatic heterocycles. The SMILES string of the molecule is Cc1ccc(S(=O)(=O)N2CCC(CCC(=O)N3CCCN(C)CC3)CC2)cc1. The fourth-order valence-corrected chi connectivity index (χ4v) is 5.55. The van der Waals surface area contributed by atoms with Gasteiger partial charge >= 0.3 is 0 Å². The van der Waals surface area contributed by atoms with Gasteiger partial charge in [-0.05, 0) is 64.3 Å². The second kappa shape index (κ2) is 9.37. The first-order chi connectivity index (χ1) is 13.4. The van der Waals surface area contributed by atoms with Crippen molar-refractivity contribution >= 4 is 15.9 Å². The van der Waals surface area contributed by atoms with Crippen molar-refractivity contribution < 1.29 is 13.2 Å². The van der Waals surface area contributed by atoms with E-state index in [9.17, 15) is 13.2 Å². The molecule has 28 heavy (non-hydrogen) atoms. The molecule has 2 aliphatic rings. The van der Waals surface area contributed by atoms with Crippen LogP contribution in [0.3, 0.4) is 0 Å². The van der Waals surface area contributed by atoms with Gasteiger partial charge in [-0.1, -0.05) is 17.7 Å². The van der Waals surface area contributed by atoms with Crippen LogP contribution in [-0.4, -0.2) is 74.7 Å². The van der Waals surface area contributed by atoms with E-state index in [2.05, 4.69) is 11.9 Å². The van der Waals surface area contributed by atoms with Crippen molar-refractivity contribution in [2.24, 2.45) is 5.92 Å². The van der Waals surface area contributed by atoms with Gasteiger partial charge in [-0.15, -0.1) is 0 Å². The number of nitrogens with zero attached hydrogens (tertiary/aromatic N) is 3. The Morgan fingerprint density at radius 1 is 1.00 bits per heavy atom. The van der Waals surface area contributed by atoms with E-state index in [4.69, 9.17) is 0 Å². The lowest BCUT2D eigenvalue weighted by atomic mass is 9.93. The number of hydrogen-bond acceptors (Lipinski definition) is 4. The third-order valence-corrected chi connectivity index (χ3v) is 7.98. The average molecular weight is 408 g/mol. The number of carbonyl (C=O) groups is 1. The Hall–Kier alpha value is -1.44. The minimum atomic E-state index is -3.41. The Morgan fingerprint density at radius 2 is 1.68 bits per heavy atom. The summed E-state index contributed by atoms with van der Waals surface area (Å²) in [4.78, 5) is 17.2. The third kappa shape index (κ3) is 5.33. The third-order valence-electron chi connectivity index (χ3n) is 6.07. The molecule has 0 unspecified atom stereocenters. The zero-order chi connectivity index (χ0) is 20.1. The van der Waals surface area contributed by atoms with E-state index in [1.165, 1.54) is 0 Å². The lowest BCUT2D eigenvalue weighted by Crippen LogP contribution is -2.39. The highest BCUT2D eigenvalue weighted by molar-refractivity contribution is 7.89. The van der Waals surface area contributed by atoms with Gasteiger partial charge in [-0.25, -0.2) is 8.42 Å². The molecule has 7 heteroatoms. The van der Waals surface area contributed by atoms with Crippen molar-refractivity contribution in [2.45, 2.75) is 43.9 Å². The lowest BCUT2D eigenvalue weighted by Gasteiger charge is -2.31. The maximum absolute atomic E-state index is 12.8. The van der Waals surface area contributed by atoms with Gasteiger partial charge in [0, 0.05) is 39.1 Å². The number of sulfonamides is 1. The molecule has 0 N–H and O–H groups in total. The number of benzene rings is 1. The molecule has 1 aromatic carbocycles. The molecular formula is C21H33N3O3S. The molecule has 0 bridgehead atoms. The summed E-state index contributed by atoms with van der Waals surface area (Å²) in [6, 6.07) is 7.06. The molecule has 6 nitrogen and oxygen atoms in total. The number of hydrogen-bond donors (Lipinski definition) is 0. The highest BCUT2D eigenvalue weighted by Gasteiger charge is 2.29. The Kier molecular flexibility index (Phi) is 7.12. The van der Waals surface area contributed by atoms with E-state index in [0.717, 1.165) is 57.4 Å². The van der Waals surface area contributed by atoms with Crippen LogP contribution in [0, 0.1) is 12.8 Å². The number of carbonyl (C=O) groups excluding carboxylic acids is 1. The topological polar surface area (TPSA) is 60.9 Å². The summed E-state index contributed by atoms with van der Waals surface area (Å²) in [5.74, 6) is 0.688. The van der Waals surface area contributed by atoms with Crippen LogP contribution >= 0.6 is 0 Å². The molecule has 0 aliphatic carbocycles. The monoisotopic (exact) mass is 407 g/mol. The van der Waals surface area contributed by atoms with E-state index >= 15 is 0 Å². The minimum absolute atomic E-state index is 0.255. The van der Waals surface area contributed by atoms with E-state index in [1.807, 2.05) is 24.0 Å². The van der Waals surface area contributed by atoms with Gasteiger partial charge in [0.05, 0.1) is 4.90 Å². The van der Waals surface area contributed by atoms with Crippen LogP contribution in [0.15, 0.2) is 29.2 Å². The smallest absolute Gasteiger partial charge is 0.243 e. The van der Waals surface area contributed by atoms with Crippen molar-refractivity contribution in [1.29, 1.82) is 0 Å². The zero-order valence-electron chi connectivity index (χ0n) is 17.1. The van der Waals surface area contributed by atoms with Gasteiger partial charge in [-0.3, -0.25) is 4.79 Å². The molecule has 2 saturated heterocycles. The van der Waals surface area contributed by atoms with Crippen LogP contribution < -0.4 is 0 Å². The van der Waals surface area contributed by atoms with Crippen molar-refractivity contribution in [1.82, 2.24) is 14.1 Å². The number of amides is 1. The lowest BCUT2D eigenvalue weighted by molar-refractivity contribution is -0.131. The Bertz CT molecular complexity index is 756. The van der Waals surface area contributed by atoms with Crippen LogP contribution in [0.1, 0.15) is 37.7 Å². The maximum Gasteiger partial charge on any atom is 0.243 e. The van der Waals surface area contributed by atoms with Crippen LogP contribution in [0.4, 0.5) is 0 Å². The highest BCUT2D eigenvalue weighted by Crippen LogP contribution is 2.27. The second-order valence-electron chi connectivity index (χ2n) is 8.24. The summed E-state index contributed by atoms with van der Waals surface area (Å²) in [6.07, 6.45) is 4.16. The molecular weight excluding hydrogens is 374 g/mol. The highest BCUT2D eigenvalue weighted by atomic mass is 32.2. The van der Waals surface area contributed by atoms with Gasteiger partial charge in [-0.2, -0.15) is 4.31 Å². The Labute approximate surface area is 169 Å². The van der Waals surface area contributed by atoms with Crippen LogP contribution in [0.25, 0.3) is 0 Å². The second-order valence-corrected chi connectivity index (χ2v) is 10.2. The molecule has 2 fully saturated rings. The summed E-state index contributed by atoms with van der Waals surface area (Å²) in [5.41, 5.74) is 1.05. The quantitative estimate of drug-likeness (QED) is 0.752. The van der Waals surface area contributed by atoms with Gasteiger partial charge in [0.25, 0.3) is 0 Å². The van der Waals surface area contributed by atoms with Gasteiger partial charge in [0.15, 0.2) is 0 Å². The van der Waals surface area contributed by atoms with Crippen molar-refractivity contribution in [2.75, 3.05) is 46.3 Å². The van der Waals surface area contributed by atoms with Gasteiger partial charge in [0.2, 0.25) is 15.9 Å². The van der Waals surface area contributed by atoms with Gasteiger partial charge < -0.3 is 9.80 Å². The summed E-state index contributed by atoms with van der Waals surface area (Å²) in [5, 5.41) is 0. The van der Waals surface area contributed by atoms with Crippen LogP contribution in [0.5, 0.6) is 0 Å². The first kappa shape index (κ1) is 21.3. The molecule has 1 amide bonds. The molecule has 1 aromatic rings. The molecule has 2 aliphatic heterocycles.